The van der Waals surface area contributed by atoms with Crippen LogP contribution in [0.5, 0.6) is 11.5 Å². The van der Waals surface area contributed by atoms with Gasteiger partial charge in [-0.3, -0.25) is 4.79 Å². The molecule has 1 heterocycles. The lowest BCUT2D eigenvalue weighted by Gasteiger charge is -2.37. The zero-order valence-electron chi connectivity index (χ0n) is 23.9. The van der Waals surface area contributed by atoms with E-state index < -0.39 is 11.9 Å². The van der Waals surface area contributed by atoms with Gasteiger partial charge in [0.05, 0.1) is 19.3 Å². The molecule has 2 atom stereocenters. The Balaban J connectivity index is 1.52. The van der Waals surface area contributed by atoms with Crippen LogP contribution in [0, 0.1) is 0 Å². The molecular weight excluding hydrogens is 514 g/mol. The van der Waals surface area contributed by atoms with Crippen molar-refractivity contribution in [3.63, 3.8) is 0 Å². The molecule has 5 rings (SSSR count). The number of hydrogen-bond donors (Lipinski definition) is 1. The summed E-state index contributed by atoms with van der Waals surface area (Å²) in [7, 11) is 1.60. The third-order valence-corrected chi connectivity index (χ3v) is 7.81. The van der Waals surface area contributed by atoms with Crippen molar-refractivity contribution in [1.29, 1.82) is 0 Å². The minimum atomic E-state index is -0.568. The van der Waals surface area contributed by atoms with E-state index in [1.807, 2.05) is 73.7 Å². The molecule has 0 fully saturated rings. The van der Waals surface area contributed by atoms with E-state index in [9.17, 15) is 9.59 Å². The maximum absolute atomic E-state index is 13.9. The van der Waals surface area contributed by atoms with Gasteiger partial charge >= 0.3 is 5.97 Å². The highest BCUT2D eigenvalue weighted by atomic mass is 16.5. The van der Waals surface area contributed by atoms with Gasteiger partial charge in [0.1, 0.15) is 6.61 Å². The molecule has 0 bridgehead atoms. The minimum absolute atomic E-state index is 0.0346. The van der Waals surface area contributed by atoms with E-state index in [0.29, 0.717) is 54.4 Å². The van der Waals surface area contributed by atoms with Crippen molar-refractivity contribution in [3.05, 3.63) is 118 Å². The third-order valence-electron chi connectivity index (χ3n) is 7.81. The van der Waals surface area contributed by atoms with Crippen molar-refractivity contribution in [3.8, 4) is 11.5 Å². The van der Waals surface area contributed by atoms with Gasteiger partial charge in [-0.15, -0.1) is 0 Å². The molecule has 6 nitrogen and oxygen atoms in total. The molecular formula is C35H37NO5. The summed E-state index contributed by atoms with van der Waals surface area (Å²) in [5.74, 6) is 0.274. The Morgan fingerprint density at radius 3 is 2.37 bits per heavy atom. The molecule has 0 aromatic heterocycles. The maximum atomic E-state index is 13.9. The second-order valence-electron chi connectivity index (χ2n) is 10.6. The molecule has 0 amide bonds. The molecule has 1 aliphatic carbocycles. The monoisotopic (exact) mass is 551 g/mol. The number of methoxy groups -OCH3 is 1. The van der Waals surface area contributed by atoms with Gasteiger partial charge in [0.15, 0.2) is 17.3 Å². The fraction of sp³-hybridized carbons (Fsp3) is 0.314. The third kappa shape index (κ3) is 6.22. The molecule has 0 spiro atoms. The lowest BCUT2D eigenvalue weighted by atomic mass is 9.71. The molecule has 6 heteroatoms. The van der Waals surface area contributed by atoms with Crippen molar-refractivity contribution >= 4 is 11.8 Å². The summed E-state index contributed by atoms with van der Waals surface area (Å²) >= 11 is 0. The van der Waals surface area contributed by atoms with Gasteiger partial charge in [0.2, 0.25) is 0 Å². The molecule has 1 aliphatic heterocycles. The van der Waals surface area contributed by atoms with Gasteiger partial charge in [-0.2, -0.15) is 0 Å². The van der Waals surface area contributed by atoms with Crippen LogP contribution in [0.3, 0.4) is 0 Å². The highest BCUT2D eigenvalue weighted by molar-refractivity contribution is 6.04. The molecule has 0 saturated carbocycles. The number of carbonyl (C=O) groups is 2. The summed E-state index contributed by atoms with van der Waals surface area (Å²) in [5.41, 5.74) is 5.64. The van der Waals surface area contributed by atoms with Gasteiger partial charge in [-0.25, -0.2) is 4.79 Å². The van der Waals surface area contributed by atoms with Gasteiger partial charge in [0, 0.05) is 29.3 Å². The largest absolute Gasteiger partial charge is 0.493 e. The van der Waals surface area contributed by atoms with Gasteiger partial charge < -0.3 is 19.5 Å². The van der Waals surface area contributed by atoms with Crippen LogP contribution in [0.2, 0.25) is 0 Å². The fourth-order valence-electron chi connectivity index (χ4n) is 5.71. The number of benzene rings is 3. The summed E-state index contributed by atoms with van der Waals surface area (Å²) in [6.07, 6.45) is 2.77. The summed E-state index contributed by atoms with van der Waals surface area (Å²) in [5, 5.41) is 3.43. The number of dihydropyridines is 1. The van der Waals surface area contributed by atoms with Crippen molar-refractivity contribution in [2.24, 2.45) is 0 Å². The number of rotatable bonds is 10. The maximum Gasteiger partial charge on any atom is 0.336 e. The first-order chi connectivity index (χ1) is 20.0. The van der Waals surface area contributed by atoms with Crippen LogP contribution in [0.15, 0.2) is 101 Å². The minimum Gasteiger partial charge on any atom is -0.493 e. The fourth-order valence-corrected chi connectivity index (χ4v) is 5.71. The average molecular weight is 552 g/mol. The summed E-state index contributed by atoms with van der Waals surface area (Å²) in [4.78, 5) is 27.4. The number of unbranched alkanes of at least 4 members (excludes halogenated alkanes) is 1. The normalized spacial score (nSPS) is 18.5. The lowest BCUT2D eigenvalue weighted by Crippen LogP contribution is -2.36. The number of allylic oxidation sites excluding steroid dienone is 3. The van der Waals surface area contributed by atoms with E-state index >= 15 is 0 Å². The number of carbonyl (C=O) groups excluding carboxylic acids is 2. The zero-order chi connectivity index (χ0) is 28.8. The van der Waals surface area contributed by atoms with Crippen LogP contribution < -0.4 is 14.8 Å². The van der Waals surface area contributed by atoms with Crippen molar-refractivity contribution in [2.75, 3.05) is 13.7 Å². The molecule has 2 unspecified atom stereocenters. The molecule has 41 heavy (non-hydrogen) atoms. The van der Waals surface area contributed by atoms with Gasteiger partial charge in [-0.1, -0.05) is 80.1 Å². The van der Waals surface area contributed by atoms with Crippen molar-refractivity contribution in [2.45, 2.75) is 58.0 Å². The van der Waals surface area contributed by atoms with E-state index in [4.69, 9.17) is 14.2 Å². The standard InChI is InChI=1S/C35H37NO5/c1-4-5-18-40-35(38)32-23(2)36-28-19-27(25-14-10-7-11-15-25)20-29(37)34(28)33(32)26-16-17-30(31(21-26)39-3)41-22-24-12-8-6-9-13-24/h6-17,21,27,33,36H,4-5,18-20,22H2,1-3H3. The molecule has 3 aromatic carbocycles. The van der Waals surface area contributed by atoms with E-state index in [2.05, 4.69) is 24.4 Å². The molecule has 0 radical (unpaired) electrons. The summed E-state index contributed by atoms with van der Waals surface area (Å²) in [6, 6.07) is 25.7. The number of Topliss-reactive ketones (excluding diaryl/α,β-unsaturated/α-hetero) is 1. The first-order valence-electron chi connectivity index (χ1n) is 14.3. The Bertz CT molecular complexity index is 1460. The van der Waals surface area contributed by atoms with E-state index in [0.717, 1.165) is 35.2 Å². The molecule has 212 valence electrons. The first-order valence-corrected chi connectivity index (χ1v) is 14.3. The Kier molecular flexibility index (Phi) is 8.88. The van der Waals surface area contributed by atoms with Gasteiger partial charge in [0.25, 0.3) is 0 Å². The number of ketones is 1. The number of nitrogens with one attached hydrogen (secondary N) is 1. The Hall–Kier alpha value is -4.32. The second-order valence-corrected chi connectivity index (χ2v) is 10.6. The lowest BCUT2D eigenvalue weighted by molar-refractivity contribution is -0.139. The Morgan fingerprint density at radius 2 is 1.66 bits per heavy atom. The van der Waals surface area contributed by atoms with Crippen molar-refractivity contribution in [1.82, 2.24) is 5.32 Å². The molecule has 1 N–H and O–H groups in total. The average Bonchev–Trinajstić information content (AvgIpc) is 3.00. The number of esters is 1. The number of ether oxygens (including phenoxy) is 3. The van der Waals surface area contributed by atoms with Gasteiger partial charge in [-0.05, 0) is 54.5 Å². The van der Waals surface area contributed by atoms with Crippen LogP contribution in [-0.4, -0.2) is 25.5 Å². The zero-order valence-corrected chi connectivity index (χ0v) is 23.9. The first kappa shape index (κ1) is 28.2. The summed E-state index contributed by atoms with van der Waals surface area (Å²) < 4.78 is 17.5. The van der Waals surface area contributed by atoms with Crippen molar-refractivity contribution < 1.29 is 23.8 Å². The molecule has 0 saturated heterocycles. The second kappa shape index (κ2) is 12.9. The predicted octanol–water partition coefficient (Wildman–Crippen LogP) is 6.98. The predicted molar refractivity (Wildman–Crippen MR) is 159 cm³/mol. The highest BCUT2D eigenvalue weighted by Crippen LogP contribution is 2.47. The smallest absolute Gasteiger partial charge is 0.336 e. The van der Waals surface area contributed by atoms with Crippen LogP contribution >= 0.6 is 0 Å². The summed E-state index contributed by atoms with van der Waals surface area (Å²) in [6.45, 7) is 4.67. The quantitative estimate of drug-likeness (QED) is 0.217. The Morgan fingerprint density at radius 1 is 0.927 bits per heavy atom. The van der Waals surface area contributed by atoms with Crippen LogP contribution in [-0.2, 0) is 20.9 Å². The molecule has 3 aromatic rings. The van der Waals surface area contributed by atoms with E-state index in [-0.39, 0.29) is 11.7 Å². The topological polar surface area (TPSA) is 73.9 Å². The Labute approximate surface area is 242 Å². The van der Waals surface area contributed by atoms with Crippen LogP contribution in [0.25, 0.3) is 0 Å². The van der Waals surface area contributed by atoms with Crippen LogP contribution in [0.4, 0.5) is 0 Å². The number of hydrogen-bond acceptors (Lipinski definition) is 6. The SMILES string of the molecule is CCCCOC(=O)C1=C(C)NC2=C(C(=O)CC(c3ccccc3)C2)C1c1ccc(OCc2ccccc2)c(OC)c1. The molecule has 2 aliphatic rings. The van der Waals surface area contributed by atoms with Crippen LogP contribution in [0.1, 0.15) is 68.1 Å². The van der Waals surface area contributed by atoms with E-state index in [1.165, 1.54) is 0 Å². The van der Waals surface area contributed by atoms with E-state index in [1.54, 1.807) is 7.11 Å². The highest BCUT2D eigenvalue weighted by Gasteiger charge is 2.41.